The van der Waals surface area contributed by atoms with Gasteiger partial charge < -0.3 is 5.73 Å². The van der Waals surface area contributed by atoms with Crippen LogP contribution in [-0.2, 0) is 13.0 Å². The highest BCUT2D eigenvalue weighted by Crippen LogP contribution is 2.22. The number of hydrogen-bond donors (Lipinski definition) is 1. The predicted octanol–water partition coefficient (Wildman–Crippen LogP) is 3.22. The maximum atomic E-state index is 6.30. The summed E-state index contributed by atoms with van der Waals surface area (Å²) in [6.45, 7) is 4.94. The van der Waals surface area contributed by atoms with Crippen LogP contribution in [0.1, 0.15) is 29.9 Å². The van der Waals surface area contributed by atoms with Crippen LogP contribution in [0.4, 0.5) is 0 Å². The van der Waals surface area contributed by atoms with Crippen LogP contribution in [0, 0.1) is 6.92 Å². The normalized spacial score (nSPS) is 12.7. The molecule has 1 heterocycles. The Kier molecular flexibility index (Phi) is 4.19. The minimum atomic E-state index is -0.0233. The molecule has 0 aliphatic carbocycles. The standard InChI is InChI=1S/C14H18BrN3/c1-3-18-14(8-10(2)17-18)13(16)9-11-6-4-5-7-12(11)15/h4-8,13H,3,9,16H2,1-2H3. The van der Waals surface area contributed by atoms with Gasteiger partial charge in [0.05, 0.1) is 17.4 Å². The van der Waals surface area contributed by atoms with E-state index < -0.39 is 0 Å². The molecule has 0 radical (unpaired) electrons. The Balaban J connectivity index is 2.21. The topological polar surface area (TPSA) is 43.8 Å². The van der Waals surface area contributed by atoms with Gasteiger partial charge in [-0.1, -0.05) is 34.1 Å². The number of nitrogens with zero attached hydrogens (tertiary/aromatic N) is 2. The molecule has 2 aromatic rings. The maximum Gasteiger partial charge on any atom is 0.0597 e. The average molecular weight is 308 g/mol. The highest BCUT2D eigenvalue weighted by molar-refractivity contribution is 9.10. The molecule has 18 heavy (non-hydrogen) atoms. The Morgan fingerprint density at radius 2 is 2.11 bits per heavy atom. The molecule has 96 valence electrons. The van der Waals surface area contributed by atoms with Crippen LogP contribution in [0.25, 0.3) is 0 Å². The molecule has 1 aromatic heterocycles. The summed E-state index contributed by atoms with van der Waals surface area (Å²) in [5.41, 5.74) is 9.66. The second-order valence-electron chi connectivity index (χ2n) is 4.43. The van der Waals surface area contributed by atoms with Crippen molar-refractivity contribution < 1.29 is 0 Å². The summed E-state index contributed by atoms with van der Waals surface area (Å²) >= 11 is 3.56. The number of aryl methyl sites for hydroxylation is 2. The Morgan fingerprint density at radius 3 is 2.78 bits per heavy atom. The molecule has 0 bridgehead atoms. The second kappa shape index (κ2) is 5.67. The number of rotatable bonds is 4. The van der Waals surface area contributed by atoms with Crippen LogP contribution in [0.3, 0.4) is 0 Å². The van der Waals surface area contributed by atoms with E-state index in [-0.39, 0.29) is 6.04 Å². The summed E-state index contributed by atoms with van der Waals surface area (Å²) in [5.74, 6) is 0. The first-order chi connectivity index (χ1) is 8.61. The quantitative estimate of drug-likeness (QED) is 0.942. The first-order valence-electron chi connectivity index (χ1n) is 6.15. The molecule has 1 aromatic carbocycles. The zero-order chi connectivity index (χ0) is 13.1. The molecule has 0 aliphatic rings. The maximum absolute atomic E-state index is 6.30. The number of halogens is 1. The third-order valence-corrected chi connectivity index (χ3v) is 3.78. The van der Waals surface area contributed by atoms with E-state index in [1.54, 1.807) is 0 Å². The summed E-state index contributed by atoms with van der Waals surface area (Å²) in [6, 6.07) is 10.2. The Morgan fingerprint density at radius 1 is 1.39 bits per heavy atom. The smallest absolute Gasteiger partial charge is 0.0597 e. The molecule has 3 nitrogen and oxygen atoms in total. The van der Waals surface area contributed by atoms with Gasteiger partial charge in [-0.05, 0) is 38.0 Å². The fourth-order valence-corrected chi connectivity index (χ4v) is 2.57. The minimum absolute atomic E-state index is 0.0233. The first kappa shape index (κ1) is 13.3. The predicted molar refractivity (Wildman–Crippen MR) is 77.4 cm³/mol. The third kappa shape index (κ3) is 2.82. The van der Waals surface area contributed by atoms with E-state index in [1.807, 2.05) is 29.8 Å². The lowest BCUT2D eigenvalue weighted by atomic mass is 10.0. The van der Waals surface area contributed by atoms with Gasteiger partial charge in [0.15, 0.2) is 0 Å². The van der Waals surface area contributed by atoms with Gasteiger partial charge >= 0.3 is 0 Å². The van der Waals surface area contributed by atoms with Crippen molar-refractivity contribution in [1.82, 2.24) is 9.78 Å². The summed E-state index contributed by atoms with van der Waals surface area (Å²) in [5, 5.41) is 4.44. The van der Waals surface area contributed by atoms with E-state index >= 15 is 0 Å². The van der Waals surface area contributed by atoms with Gasteiger partial charge in [0.2, 0.25) is 0 Å². The van der Waals surface area contributed by atoms with Gasteiger partial charge in [-0.3, -0.25) is 4.68 Å². The van der Waals surface area contributed by atoms with Crippen LogP contribution in [-0.4, -0.2) is 9.78 Å². The van der Waals surface area contributed by atoms with Gasteiger partial charge in [-0.25, -0.2) is 0 Å². The molecule has 2 N–H and O–H groups in total. The summed E-state index contributed by atoms with van der Waals surface area (Å²) in [6.07, 6.45) is 0.812. The van der Waals surface area contributed by atoms with Gasteiger partial charge in [0.1, 0.15) is 0 Å². The van der Waals surface area contributed by atoms with E-state index in [0.29, 0.717) is 0 Å². The van der Waals surface area contributed by atoms with Crippen LogP contribution in [0.5, 0.6) is 0 Å². The molecular weight excluding hydrogens is 290 g/mol. The van der Waals surface area contributed by atoms with Crippen LogP contribution >= 0.6 is 15.9 Å². The van der Waals surface area contributed by atoms with Gasteiger partial charge in [0.25, 0.3) is 0 Å². The molecular formula is C14H18BrN3. The second-order valence-corrected chi connectivity index (χ2v) is 5.28. The lowest BCUT2D eigenvalue weighted by Gasteiger charge is -2.14. The zero-order valence-electron chi connectivity index (χ0n) is 10.7. The van der Waals surface area contributed by atoms with Crippen molar-refractivity contribution in [3.63, 3.8) is 0 Å². The summed E-state index contributed by atoms with van der Waals surface area (Å²) in [7, 11) is 0. The van der Waals surface area contributed by atoms with E-state index in [1.165, 1.54) is 5.56 Å². The Hall–Kier alpha value is -1.13. The largest absolute Gasteiger partial charge is 0.322 e. The van der Waals surface area contributed by atoms with Crippen LogP contribution < -0.4 is 5.73 Å². The van der Waals surface area contributed by atoms with Crippen molar-refractivity contribution in [2.24, 2.45) is 5.73 Å². The van der Waals surface area contributed by atoms with E-state index in [2.05, 4.69) is 40.1 Å². The van der Waals surface area contributed by atoms with Crippen LogP contribution in [0.15, 0.2) is 34.8 Å². The zero-order valence-corrected chi connectivity index (χ0v) is 12.3. The van der Waals surface area contributed by atoms with E-state index in [0.717, 1.165) is 28.8 Å². The van der Waals surface area contributed by atoms with Crippen molar-refractivity contribution in [3.8, 4) is 0 Å². The Bertz CT molecular complexity index is 534. The van der Waals surface area contributed by atoms with Crippen LogP contribution in [0.2, 0.25) is 0 Å². The molecule has 0 saturated heterocycles. The SMILES string of the molecule is CCn1nc(C)cc1C(N)Cc1ccccc1Br. The summed E-state index contributed by atoms with van der Waals surface area (Å²) in [4.78, 5) is 0. The van der Waals surface area contributed by atoms with Gasteiger partial charge in [-0.2, -0.15) is 5.10 Å². The van der Waals surface area contributed by atoms with Crippen molar-refractivity contribution in [1.29, 1.82) is 0 Å². The van der Waals surface area contributed by atoms with Gasteiger partial charge in [-0.15, -0.1) is 0 Å². The van der Waals surface area contributed by atoms with E-state index in [9.17, 15) is 0 Å². The number of aromatic nitrogens is 2. The lowest BCUT2D eigenvalue weighted by Crippen LogP contribution is -2.18. The van der Waals surface area contributed by atoms with Crippen molar-refractivity contribution >= 4 is 15.9 Å². The van der Waals surface area contributed by atoms with Gasteiger partial charge in [0, 0.05) is 11.0 Å². The van der Waals surface area contributed by atoms with E-state index in [4.69, 9.17) is 5.73 Å². The molecule has 0 amide bonds. The highest BCUT2D eigenvalue weighted by Gasteiger charge is 2.14. The highest BCUT2D eigenvalue weighted by atomic mass is 79.9. The minimum Gasteiger partial charge on any atom is -0.322 e. The fraction of sp³-hybridized carbons (Fsp3) is 0.357. The summed E-state index contributed by atoms with van der Waals surface area (Å²) < 4.78 is 3.09. The average Bonchev–Trinajstić information content (AvgIpc) is 2.73. The molecule has 0 saturated carbocycles. The van der Waals surface area contributed by atoms with Crippen molar-refractivity contribution in [2.75, 3.05) is 0 Å². The number of benzene rings is 1. The molecule has 2 rings (SSSR count). The molecule has 1 atom stereocenters. The first-order valence-corrected chi connectivity index (χ1v) is 6.94. The monoisotopic (exact) mass is 307 g/mol. The van der Waals surface area contributed by atoms with Crippen molar-refractivity contribution in [2.45, 2.75) is 32.9 Å². The Labute approximate surface area is 116 Å². The third-order valence-electron chi connectivity index (χ3n) is 3.01. The molecule has 0 fully saturated rings. The number of hydrogen-bond acceptors (Lipinski definition) is 2. The molecule has 1 unspecified atom stereocenters. The molecule has 0 spiro atoms. The fourth-order valence-electron chi connectivity index (χ4n) is 2.12. The molecule has 4 heteroatoms. The number of nitrogens with two attached hydrogens (primary N) is 1. The molecule has 0 aliphatic heterocycles. The lowest BCUT2D eigenvalue weighted by molar-refractivity contribution is 0.566. The van der Waals surface area contributed by atoms with Crippen molar-refractivity contribution in [3.05, 3.63) is 51.8 Å².